The second-order valence-electron chi connectivity index (χ2n) is 6.26. The maximum Gasteiger partial charge on any atom is 0.234 e. The van der Waals surface area contributed by atoms with Crippen LogP contribution >= 0.6 is 0 Å². The molecule has 0 fully saturated rings. The van der Waals surface area contributed by atoms with Gasteiger partial charge < -0.3 is 9.73 Å². The molecule has 1 heterocycles. The SMILES string of the molecule is C[C@@H](NC(=O)CN(C)[C@H](C)C(C)(C)C)c1ccco1. The van der Waals surface area contributed by atoms with E-state index >= 15 is 0 Å². The molecule has 1 N–H and O–H groups in total. The van der Waals surface area contributed by atoms with E-state index in [2.05, 4.69) is 37.9 Å². The van der Waals surface area contributed by atoms with E-state index < -0.39 is 0 Å². The molecular weight excluding hydrogens is 240 g/mol. The highest BCUT2D eigenvalue weighted by Crippen LogP contribution is 2.22. The summed E-state index contributed by atoms with van der Waals surface area (Å²) in [4.78, 5) is 14.1. The third-order valence-corrected chi connectivity index (χ3v) is 3.65. The van der Waals surface area contributed by atoms with E-state index in [4.69, 9.17) is 4.42 Å². The van der Waals surface area contributed by atoms with Crippen molar-refractivity contribution >= 4 is 5.91 Å². The lowest BCUT2D eigenvalue weighted by molar-refractivity contribution is -0.123. The molecule has 4 nitrogen and oxygen atoms in total. The summed E-state index contributed by atoms with van der Waals surface area (Å²) in [5.74, 6) is 0.794. The lowest BCUT2D eigenvalue weighted by Crippen LogP contribution is -2.45. The number of rotatable bonds is 5. The number of carbonyl (C=O) groups is 1. The Hall–Kier alpha value is -1.29. The van der Waals surface area contributed by atoms with Gasteiger partial charge in [-0.2, -0.15) is 0 Å². The summed E-state index contributed by atoms with van der Waals surface area (Å²) in [5.41, 5.74) is 0.154. The number of furan rings is 1. The molecule has 0 bridgehead atoms. The van der Waals surface area contributed by atoms with Crippen LogP contribution < -0.4 is 5.32 Å². The quantitative estimate of drug-likeness (QED) is 0.891. The number of likely N-dealkylation sites (N-methyl/N-ethyl adjacent to an activating group) is 1. The van der Waals surface area contributed by atoms with Gasteiger partial charge in [-0.05, 0) is 38.4 Å². The molecule has 0 unspecified atom stereocenters. The Kier molecular flexibility index (Phi) is 5.18. The van der Waals surface area contributed by atoms with E-state index in [-0.39, 0.29) is 17.4 Å². The molecule has 0 saturated heterocycles. The molecule has 19 heavy (non-hydrogen) atoms. The lowest BCUT2D eigenvalue weighted by Gasteiger charge is -2.35. The van der Waals surface area contributed by atoms with Crippen LogP contribution in [0.5, 0.6) is 0 Å². The minimum atomic E-state index is -0.0964. The van der Waals surface area contributed by atoms with Gasteiger partial charge in [0.1, 0.15) is 5.76 Å². The zero-order valence-corrected chi connectivity index (χ0v) is 12.9. The fourth-order valence-electron chi connectivity index (χ4n) is 1.92. The highest BCUT2D eigenvalue weighted by Gasteiger charge is 2.25. The van der Waals surface area contributed by atoms with Gasteiger partial charge in [-0.1, -0.05) is 20.8 Å². The van der Waals surface area contributed by atoms with Crippen LogP contribution in [-0.2, 0) is 4.79 Å². The lowest BCUT2D eigenvalue weighted by atomic mass is 9.87. The molecule has 0 aliphatic rings. The molecule has 4 heteroatoms. The van der Waals surface area contributed by atoms with E-state index in [1.165, 1.54) is 0 Å². The second-order valence-corrected chi connectivity index (χ2v) is 6.26. The highest BCUT2D eigenvalue weighted by molar-refractivity contribution is 5.78. The first-order valence-corrected chi connectivity index (χ1v) is 6.75. The van der Waals surface area contributed by atoms with E-state index in [0.717, 1.165) is 5.76 Å². The fraction of sp³-hybridized carbons (Fsp3) is 0.667. The van der Waals surface area contributed by atoms with Crippen molar-refractivity contribution in [2.24, 2.45) is 5.41 Å². The molecule has 0 radical (unpaired) electrons. The summed E-state index contributed by atoms with van der Waals surface area (Å²) in [7, 11) is 1.98. The molecule has 1 rings (SSSR count). The fourth-order valence-corrected chi connectivity index (χ4v) is 1.92. The van der Waals surface area contributed by atoms with Crippen LogP contribution in [-0.4, -0.2) is 30.4 Å². The zero-order chi connectivity index (χ0) is 14.6. The first-order chi connectivity index (χ1) is 8.71. The molecule has 1 aromatic rings. The molecule has 0 saturated carbocycles. The number of hydrogen-bond donors (Lipinski definition) is 1. The first kappa shape index (κ1) is 15.8. The van der Waals surface area contributed by atoms with Crippen molar-refractivity contribution in [2.75, 3.05) is 13.6 Å². The summed E-state index contributed by atoms with van der Waals surface area (Å²) in [6.07, 6.45) is 1.62. The maximum absolute atomic E-state index is 12.0. The van der Waals surface area contributed by atoms with Gasteiger partial charge in [0, 0.05) is 6.04 Å². The van der Waals surface area contributed by atoms with E-state index in [1.807, 2.05) is 26.1 Å². The first-order valence-electron chi connectivity index (χ1n) is 6.75. The van der Waals surface area contributed by atoms with Gasteiger partial charge >= 0.3 is 0 Å². The van der Waals surface area contributed by atoms with Gasteiger partial charge in [-0.3, -0.25) is 9.69 Å². The van der Waals surface area contributed by atoms with Crippen molar-refractivity contribution < 1.29 is 9.21 Å². The topological polar surface area (TPSA) is 45.5 Å². The van der Waals surface area contributed by atoms with Gasteiger partial charge in [0.25, 0.3) is 0 Å². The zero-order valence-electron chi connectivity index (χ0n) is 12.9. The third kappa shape index (κ3) is 4.71. The van der Waals surface area contributed by atoms with E-state index in [9.17, 15) is 4.79 Å². The predicted octanol–water partition coefficient (Wildman–Crippen LogP) is 2.82. The van der Waals surface area contributed by atoms with Gasteiger partial charge in [0.15, 0.2) is 0 Å². The van der Waals surface area contributed by atoms with Gasteiger partial charge in [0.05, 0.1) is 18.8 Å². The molecule has 0 aliphatic carbocycles. The van der Waals surface area contributed by atoms with Gasteiger partial charge in [-0.25, -0.2) is 0 Å². The van der Waals surface area contributed by atoms with E-state index in [1.54, 1.807) is 6.26 Å². The molecule has 2 atom stereocenters. The molecule has 0 spiro atoms. The number of hydrogen-bond acceptors (Lipinski definition) is 3. The van der Waals surface area contributed by atoms with Crippen LogP contribution in [0.3, 0.4) is 0 Å². The molecule has 1 amide bonds. The molecule has 1 aromatic heterocycles. The highest BCUT2D eigenvalue weighted by atomic mass is 16.3. The molecular formula is C15H26N2O2. The minimum Gasteiger partial charge on any atom is -0.467 e. The Morgan fingerprint density at radius 1 is 1.42 bits per heavy atom. The average Bonchev–Trinajstić information content (AvgIpc) is 2.79. The second kappa shape index (κ2) is 6.24. The number of nitrogens with one attached hydrogen (secondary N) is 1. The van der Waals surface area contributed by atoms with Crippen molar-refractivity contribution in [1.29, 1.82) is 0 Å². The molecule has 0 aromatic carbocycles. The van der Waals surface area contributed by atoms with Crippen molar-refractivity contribution in [2.45, 2.75) is 46.7 Å². The summed E-state index contributed by atoms with van der Waals surface area (Å²) < 4.78 is 5.27. The standard InChI is InChI=1S/C15H26N2O2/c1-11(13-8-7-9-19-13)16-14(18)10-17(6)12(2)15(3,4)5/h7-9,11-12H,10H2,1-6H3,(H,16,18)/t11-,12-/m1/s1. The van der Waals surface area contributed by atoms with Gasteiger partial charge in [-0.15, -0.1) is 0 Å². The monoisotopic (exact) mass is 266 g/mol. The summed E-state index contributed by atoms with van der Waals surface area (Å²) in [6, 6.07) is 3.93. The maximum atomic E-state index is 12.0. The third-order valence-electron chi connectivity index (χ3n) is 3.65. The van der Waals surface area contributed by atoms with Crippen LogP contribution in [0.1, 0.15) is 46.4 Å². The summed E-state index contributed by atoms with van der Waals surface area (Å²) >= 11 is 0. The largest absolute Gasteiger partial charge is 0.467 e. The van der Waals surface area contributed by atoms with Crippen LogP contribution in [0, 0.1) is 5.41 Å². The van der Waals surface area contributed by atoms with Crippen molar-refractivity contribution in [1.82, 2.24) is 10.2 Å². The Bertz CT molecular complexity index is 393. The smallest absolute Gasteiger partial charge is 0.234 e. The number of carbonyl (C=O) groups excluding carboxylic acids is 1. The molecule has 108 valence electrons. The van der Waals surface area contributed by atoms with Crippen LogP contribution in [0.4, 0.5) is 0 Å². The Morgan fingerprint density at radius 3 is 2.53 bits per heavy atom. The van der Waals surface area contributed by atoms with Crippen molar-refractivity contribution in [3.63, 3.8) is 0 Å². The van der Waals surface area contributed by atoms with Crippen molar-refractivity contribution in [3.05, 3.63) is 24.2 Å². The predicted molar refractivity (Wildman–Crippen MR) is 76.8 cm³/mol. The summed E-state index contributed by atoms with van der Waals surface area (Å²) in [6.45, 7) is 11.0. The van der Waals surface area contributed by atoms with Gasteiger partial charge in [0.2, 0.25) is 5.91 Å². The molecule has 0 aliphatic heterocycles. The number of amides is 1. The normalized spacial score (nSPS) is 15.3. The Morgan fingerprint density at radius 2 is 2.05 bits per heavy atom. The van der Waals surface area contributed by atoms with E-state index in [0.29, 0.717) is 12.6 Å². The van der Waals surface area contributed by atoms with Crippen LogP contribution in [0.15, 0.2) is 22.8 Å². The minimum absolute atomic E-state index is 0.0162. The number of nitrogens with zero attached hydrogens (tertiary/aromatic N) is 1. The van der Waals surface area contributed by atoms with Crippen LogP contribution in [0.2, 0.25) is 0 Å². The Balaban J connectivity index is 2.47. The van der Waals surface area contributed by atoms with Crippen LogP contribution in [0.25, 0.3) is 0 Å². The van der Waals surface area contributed by atoms with Crippen molar-refractivity contribution in [3.8, 4) is 0 Å². The Labute approximate surface area is 116 Å². The average molecular weight is 266 g/mol. The summed E-state index contributed by atoms with van der Waals surface area (Å²) in [5, 5.41) is 2.95.